The van der Waals surface area contributed by atoms with Crippen LogP contribution in [0.2, 0.25) is 0 Å². The summed E-state index contributed by atoms with van der Waals surface area (Å²) in [5, 5.41) is 6.44. The molecule has 1 aromatic carbocycles. The third-order valence-corrected chi connectivity index (χ3v) is 4.13. The maximum absolute atomic E-state index is 11.7. The van der Waals surface area contributed by atoms with Crippen molar-refractivity contribution < 1.29 is 14.3 Å². The van der Waals surface area contributed by atoms with E-state index in [4.69, 9.17) is 9.47 Å². The maximum Gasteiger partial charge on any atom is 0.407 e. The van der Waals surface area contributed by atoms with Gasteiger partial charge in [0.15, 0.2) is 0 Å². The Kier molecular flexibility index (Phi) is 8.05. The maximum atomic E-state index is 11.7. The zero-order valence-electron chi connectivity index (χ0n) is 14.8. The number of carbonyl (C=O) groups excluding carboxylic acids is 1. The summed E-state index contributed by atoms with van der Waals surface area (Å²) in [7, 11) is 0. The Labute approximate surface area is 145 Å². The van der Waals surface area contributed by atoms with Crippen LogP contribution in [0, 0.1) is 0 Å². The molecule has 1 aliphatic rings. The molecule has 1 aromatic rings. The summed E-state index contributed by atoms with van der Waals surface area (Å²) in [5.74, 6) is 0. The lowest BCUT2D eigenvalue weighted by molar-refractivity contribution is 0.0756. The molecule has 5 heteroatoms. The summed E-state index contributed by atoms with van der Waals surface area (Å²) < 4.78 is 10.7. The second-order valence-electron chi connectivity index (χ2n) is 6.65. The first-order chi connectivity index (χ1) is 11.6. The van der Waals surface area contributed by atoms with E-state index >= 15 is 0 Å². The van der Waals surface area contributed by atoms with E-state index < -0.39 is 0 Å². The van der Waals surface area contributed by atoms with E-state index in [0.717, 1.165) is 44.4 Å². The molecular formula is C19H30N2O3. The fraction of sp³-hybridized carbons (Fsp3) is 0.632. The van der Waals surface area contributed by atoms with Gasteiger partial charge in [-0.3, -0.25) is 0 Å². The number of unbranched alkanes of at least 4 members (excludes halogenated alkanes) is 1. The molecule has 2 N–H and O–H groups in total. The zero-order valence-corrected chi connectivity index (χ0v) is 14.8. The van der Waals surface area contributed by atoms with Gasteiger partial charge in [-0.15, -0.1) is 0 Å². The predicted molar refractivity (Wildman–Crippen MR) is 94.9 cm³/mol. The highest BCUT2D eigenvalue weighted by Crippen LogP contribution is 2.20. The minimum Gasteiger partial charge on any atom is -0.445 e. The van der Waals surface area contributed by atoms with Crippen molar-refractivity contribution in [2.24, 2.45) is 0 Å². The first-order valence-electron chi connectivity index (χ1n) is 8.95. The molecule has 0 saturated heterocycles. The lowest BCUT2D eigenvalue weighted by Crippen LogP contribution is -2.52. The second kappa shape index (κ2) is 10.3. The molecule has 0 spiro atoms. The summed E-state index contributed by atoms with van der Waals surface area (Å²) in [4.78, 5) is 11.7. The Morgan fingerprint density at radius 1 is 1.17 bits per heavy atom. The Morgan fingerprint density at radius 3 is 2.62 bits per heavy atom. The van der Waals surface area contributed by atoms with E-state index in [1.54, 1.807) is 0 Å². The topological polar surface area (TPSA) is 59.6 Å². The molecule has 0 unspecified atom stereocenters. The summed E-state index contributed by atoms with van der Waals surface area (Å²) in [6.45, 7) is 6.29. The van der Waals surface area contributed by atoms with E-state index in [9.17, 15) is 4.79 Å². The largest absolute Gasteiger partial charge is 0.445 e. The number of benzene rings is 1. The lowest BCUT2D eigenvalue weighted by atomic mass is 9.87. The lowest BCUT2D eigenvalue weighted by Gasteiger charge is -2.36. The van der Waals surface area contributed by atoms with Gasteiger partial charge >= 0.3 is 6.09 Å². The first-order valence-corrected chi connectivity index (χ1v) is 8.95. The van der Waals surface area contributed by atoms with Gasteiger partial charge in [0, 0.05) is 18.7 Å². The van der Waals surface area contributed by atoms with Crippen LogP contribution in [0.4, 0.5) is 4.79 Å². The van der Waals surface area contributed by atoms with Crippen molar-refractivity contribution >= 4 is 6.09 Å². The van der Waals surface area contributed by atoms with Crippen LogP contribution in [0.15, 0.2) is 30.3 Å². The Balaban J connectivity index is 1.45. The van der Waals surface area contributed by atoms with Gasteiger partial charge in [-0.25, -0.2) is 4.79 Å². The number of rotatable bonds is 10. The molecule has 2 rings (SSSR count). The monoisotopic (exact) mass is 334 g/mol. The number of hydrogen-bond acceptors (Lipinski definition) is 4. The molecule has 0 aromatic heterocycles. The molecule has 24 heavy (non-hydrogen) atoms. The molecule has 1 fully saturated rings. The van der Waals surface area contributed by atoms with Gasteiger partial charge in [0.05, 0.1) is 6.10 Å². The number of alkyl carbamates (subject to hydrolysis) is 1. The molecule has 1 aliphatic carbocycles. The number of amides is 1. The Morgan fingerprint density at radius 2 is 1.92 bits per heavy atom. The average Bonchev–Trinajstić information content (AvgIpc) is 2.54. The van der Waals surface area contributed by atoms with E-state index in [0.29, 0.717) is 18.8 Å². The number of nitrogens with one attached hydrogen (secondary N) is 2. The van der Waals surface area contributed by atoms with Gasteiger partial charge in [-0.2, -0.15) is 0 Å². The minimum absolute atomic E-state index is 0.232. The summed E-state index contributed by atoms with van der Waals surface area (Å²) in [6, 6.07) is 10.5. The van der Waals surface area contributed by atoms with E-state index in [2.05, 4.69) is 24.5 Å². The molecule has 5 nitrogen and oxygen atoms in total. The van der Waals surface area contributed by atoms with Crippen LogP contribution < -0.4 is 10.6 Å². The fourth-order valence-electron chi connectivity index (χ4n) is 2.69. The zero-order chi connectivity index (χ0) is 17.2. The Bertz CT molecular complexity index is 473. The molecule has 0 aliphatic heterocycles. The van der Waals surface area contributed by atoms with Gasteiger partial charge < -0.3 is 20.1 Å². The van der Waals surface area contributed by atoms with Crippen molar-refractivity contribution in [1.29, 1.82) is 0 Å². The SMILES string of the molecule is CC(C)OCCCCNC1CC(NC(=O)OCc2ccccc2)C1. The molecule has 0 heterocycles. The molecule has 1 saturated carbocycles. The first kappa shape index (κ1) is 18.7. The number of hydrogen-bond donors (Lipinski definition) is 2. The van der Waals surface area contributed by atoms with Crippen molar-refractivity contribution in [3.05, 3.63) is 35.9 Å². The van der Waals surface area contributed by atoms with E-state index in [-0.39, 0.29) is 12.1 Å². The molecular weight excluding hydrogens is 304 g/mol. The van der Waals surface area contributed by atoms with Crippen LogP contribution in [-0.2, 0) is 16.1 Å². The number of carbonyl (C=O) groups is 1. The molecule has 134 valence electrons. The summed E-state index contributed by atoms with van der Waals surface area (Å²) in [5.41, 5.74) is 1.00. The molecule has 0 bridgehead atoms. The van der Waals surface area contributed by atoms with Crippen LogP contribution in [-0.4, -0.2) is 37.4 Å². The van der Waals surface area contributed by atoms with Crippen LogP contribution in [0.25, 0.3) is 0 Å². The average molecular weight is 334 g/mol. The number of ether oxygens (including phenoxy) is 2. The van der Waals surface area contributed by atoms with Crippen molar-refractivity contribution in [3.63, 3.8) is 0 Å². The predicted octanol–water partition coefficient (Wildman–Crippen LogP) is 3.24. The highest BCUT2D eigenvalue weighted by atomic mass is 16.5. The van der Waals surface area contributed by atoms with E-state index in [1.807, 2.05) is 30.3 Å². The van der Waals surface area contributed by atoms with Gasteiger partial charge in [0.25, 0.3) is 0 Å². The van der Waals surface area contributed by atoms with Crippen LogP contribution in [0.5, 0.6) is 0 Å². The van der Waals surface area contributed by atoms with Crippen molar-refractivity contribution in [3.8, 4) is 0 Å². The molecule has 0 radical (unpaired) electrons. The smallest absolute Gasteiger partial charge is 0.407 e. The Hall–Kier alpha value is -1.59. The van der Waals surface area contributed by atoms with E-state index in [1.165, 1.54) is 0 Å². The summed E-state index contributed by atoms with van der Waals surface area (Å²) in [6.07, 6.45) is 4.16. The third-order valence-electron chi connectivity index (χ3n) is 4.13. The summed E-state index contributed by atoms with van der Waals surface area (Å²) >= 11 is 0. The van der Waals surface area contributed by atoms with Crippen LogP contribution >= 0.6 is 0 Å². The van der Waals surface area contributed by atoms with Crippen molar-refractivity contribution in [2.75, 3.05) is 13.2 Å². The third kappa shape index (κ3) is 7.32. The standard InChI is InChI=1S/C19H30N2O3/c1-15(2)23-11-7-6-10-20-17-12-18(13-17)21-19(22)24-14-16-8-4-3-5-9-16/h3-5,8-9,15,17-18,20H,6-7,10-14H2,1-2H3,(H,21,22). The second-order valence-corrected chi connectivity index (χ2v) is 6.65. The highest BCUT2D eigenvalue weighted by Gasteiger charge is 2.29. The molecule has 1 amide bonds. The van der Waals surface area contributed by atoms with Gasteiger partial charge in [-0.05, 0) is 51.6 Å². The van der Waals surface area contributed by atoms with Gasteiger partial charge in [0.2, 0.25) is 0 Å². The highest BCUT2D eigenvalue weighted by molar-refractivity contribution is 5.67. The molecule has 0 atom stereocenters. The normalized spacial score (nSPS) is 19.8. The van der Waals surface area contributed by atoms with Gasteiger partial charge in [-0.1, -0.05) is 30.3 Å². The quantitative estimate of drug-likeness (QED) is 0.645. The van der Waals surface area contributed by atoms with Crippen molar-refractivity contribution in [2.45, 2.75) is 64.3 Å². The minimum atomic E-state index is -0.326. The van der Waals surface area contributed by atoms with Gasteiger partial charge in [0.1, 0.15) is 6.61 Å². The van der Waals surface area contributed by atoms with Crippen LogP contribution in [0.3, 0.4) is 0 Å². The van der Waals surface area contributed by atoms with Crippen molar-refractivity contribution in [1.82, 2.24) is 10.6 Å². The van der Waals surface area contributed by atoms with Crippen LogP contribution in [0.1, 0.15) is 45.1 Å². The fourth-order valence-corrected chi connectivity index (χ4v) is 2.69.